The van der Waals surface area contributed by atoms with Gasteiger partial charge in [-0.25, -0.2) is 0 Å². The molecule has 0 N–H and O–H groups in total. The first-order valence-electron chi connectivity index (χ1n) is 9.64. The van der Waals surface area contributed by atoms with Gasteiger partial charge in [0, 0.05) is 50.9 Å². The van der Waals surface area contributed by atoms with E-state index in [4.69, 9.17) is 18.0 Å². The fourth-order valence-corrected chi connectivity index (χ4v) is 6.19. The fourth-order valence-electron chi connectivity index (χ4n) is 3.36. The maximum absolute atomic E-state index is 13.0. The van der Waals surface area contributed by atoms with E-state index in [-0.39, 0.29) is 5.78 Å². The number of hydrogen-bond donors (Lipinski definition) is 0. The molecule has 1 aromatic rings. The van der Waals surface area contributed by atoms with Crippen molar-refractivity contribution in [2.24, 2.45) is 0 Å². The van der Waals surface area contributed by atoms with Gasteiger partial charge in [0.2, 0.25) is 0 Å². The summed E-state index contributed by atoms with van der Waals surface area (Å²) in [4.78, 5) is 16.4. The summed E-state index contributed by atoms with van der Waals surface area (Å²) in [6.07, 6.45) is 0.942. The van der Waals surface area contributed by atoms with Crippen LogP contribution >= 0.6 is 11.8 Å². The van der Waals surface area contributed by atoms with Crippen molar-refractivity contribution in [2.75, 3.05) is 53.4 Å². The zero-order chi connectivity index (χ0) is 20.6. The van der Waals surface area contributed by atoms with E-state index in [1.54, 1.807) is 33.1 Å². The summed E-state index contributed by atoms with van der Waals surface area (Å²) >= 11 is 1.77. The number of rotatable bonds is 11. The molecule has 28 heavy (non-hydrogen) atoms. The van der Waals surface area contributed by atoms with Crippen LogP contribution in [0.25, 0.3) is 0 Å². The molecular weight excluding hydrogens is 394 g/mol. The largest absolute Gasteiger partial charge is 0.500 e. The van der Waals surface area contributed by atoms with Gasteiger partial charge in [0.05, 0.1) is 18.8 Å². The van der Waals surface area contributed by atoms with Crippen LogP contribution in [0.3, 0.4) is 0 Å². The normalized spacial score (nSPS) is 16.3. The van der Waals surface area contributed by atoms with Gasteiger partial charge in [0.25, 0.3) is 0 Å². The number of carbonyl (C=O) groups is 1. The van der Waals surface area contributed by atoms with Crippen molar-refractivity contribution in [3.05, 3.63) is 29.8 Å². The molecule has 0 spiro atoms. The van der Waals surface area contributed by atoms with Crippen LogP contribution in [0.4, 0.5) is 0 Å². The third-order valence-electron chi connectivity index (χ3n) is 5.30. The lowest BCUT2D eigenvalue weighted by Gasteiger charge is -2.39. The van der Waals surface area contributed by atoms with Gasteiger partial charge >= 0.3 is 8.80 Å². The second-order valence-corrected chi connectivity index (χ2v) is 11.5. The molecule has 158 valence electrons. The molecule has 1 aromatic carbocycles. The van der Waals surface area contributed by atoms with E-state index in [0.29, 0.717) is 13.2 Å². The number of nitrogens with zero attached hydrogens (tertiary/aromatic N) is 1. The lowest BCUT2D eigenvalue weighted by atomic mass is 9.91. The van der Waals surface area contributed by atoms with E-state index in [1.165, 1.54) is 0 Å². The van der Waals surface area contributed by atoms with Crippen molar-refractivity contribution >= 4 is 26.3 Å². The van der Waals surface area contributed by atoms with Gasteiger partial charge in [0.15, 0.2) is 5.78 Å². The Morgan fingerprint density at radius 3 is 2.21 bits per heavy atom. The highest BCUT2D eigenvalue weighted by Crippen LogP contribution is 2.26. The first kappa shape index (κ1) is 23.5. The summed E-state index contributed by atoms with van der Waals surface area (Å²) < 4.78 is 21.8. The Balaban J connectivity index is 1.88. The molecule has 1 aliphatic rings. The maximum atomic E-state index is 13.0. The van der Waals surface area contributed by atoms with E-state index in [9.17, 15) is 4.79 Å². The van der Waals surface area contributed by atoms with Crippen molar-refractivity contribution in [3.8, 4) is 0 Å². The number of benzene rings is 1. The Labute approximate surface area is 174 Å². The van der Waals surface area contributed by atoms with Gasteiger partial charge in [-0.3, -0.25) is 9.69 Å². The van der Waals surface area contributed by atoms with Gasteiger partial charge < -0.3 is 18.0 Å². The molecule has 1 aliphatic heterocycles. The van der Waals surface area contributed by atoms with Gasteiger partial charge in [0.1, 0.15) is 0 Å². The minimum Gasteiger partial charge on any atom is -0.379 e. The Kier molecular flexibility index (Phi) is 9.14. The summed E-state index contributed by atoms with van der Waals surface area (Å²) in [6, 6.07) is 8.71. The van der Waals surface area contributed by atoms with E-state index >= 15 is 0 Å². The molecule has 6 nitrogen and oxygen atoms in total. The summed E-state index contributed by atoms with van der Waals surface area (Å²) in [5.74, 6) is 1.10. The standard InChI is InChI=1S/C20H33NO5SSi/c1-20(2,21-11-13-26-14-12-21)19(22)17-7-9-18(10-8-17)27-15-6-16-28(23-3,24-4)25-5/h7-10H,6,11-16H2,1-5H3. The smallest absolute Gasteiger partial charge is 0.379 e. The summed E-state index contributed by atoms with van der Waals surface area (Å²) in [5, 5.41) is 0. The second kappa shape index (κ2) is 10.9. The first-order chi connectivity index (χ1) is 13.4. The van der Waals surface area contributed by atoms with Crippen LogP contribution < -0.4 is 0 Å². The van der Waals surface area contributed by atoms with Crippen LogP contribution in [0.1, 0.15) is 30.6 Å². The molecule has 0 unspecified atom stereocenters. The third kappa shape index (κ3) is 5.88. The highest BCUT2D eigenvalue weighted by Gasteiger charge is 2.37. The third-order valence-corrected chi connectivity index (χ3v) is 9.23. The molecule has 1 saturated heterocycles. The number of thioether (sulfide) groups is 1. The number of hydrogen-bond acceptors (Lipinski definition) is 7. The average molecular weight is 428 g/mol. The van der Waals surface area contributed by atoms with Gasteiger partial charge in [-0.2, -0.15) is 0 Å². The Morgan fingerprint density at radius 1 is 1.11 bits per heavy atom. The van der Waals surface area contributed by atoms with E-state index in [0.717, 1.165) is 41.8 Å². The maximum Gasteiger partial charge on any atom is 0.500 e. The van der Waals surface area contributed by atoms with Gasteiger partial charge in [-0.05, 0) is 38.2 Å². The molecule has 1 fully saturated rings. The van der Waals surface area contributed by atoms with Crippen molar-refractivity contribution in [1.29, 1.82) is 0 Å². The van der Waals surface area contributed by atoms with E-state index in [1.807, 2.05) is 38.1 Å². The number of carbonyl (C=O) groups excluding carboxylic acids is 1. The highest BCUT2D eigenvalue weighted by atomic mass is 32.2. The van der Waals surface area contributed by atoms with Gasteiger partial charge in [-0.1, -0.05) is 12.1 Å². The predicted octanol–water partition coefficient (Wildman–Crippen LogP) is 3.34. The lowest BCUT2D eigenvalue weighted by Crippen LogP contribution is -2.54. The lowest BCUT2D eigenvalue weighted by molar-refractivity contribution is -0.00430. The number of ketones is 1. The van der Waals surface area contributed by atoms with Crippen LogP contribution in [0.15, 0.2) is 29.2 Å². The van der Waals surface area contributed by atoms with Crippen molar-refractivity contribution < 1.29 is 22.8 Å². The average Bonchev–Trinajstić information content (AvgIpc) is 2.75. The minimum atomic E-state index is -2.49. The molecule has 0 atom stereocenters. The Bertz CT molecular complexity index is 607. The zero-order valence-corrected chi connectivity index (χ0v) is 19.5. The number of Topliss-reactive ketones (excluding diaryl/α,β-unsaturated/α-hetero) is 1. The van der Waals surface area contributed by atoms with E-state index < -0.39 is 14.3 Å². The Hall–Kier alpha value is -0.743. The zero-order valence-electron chi connectivity index (χ0n) is 17.7. The molecule has 0 amide bonds. The number of ether oxygens (including phenoxy) is 1. The van der Waals surface area contributed by atoms with Crippen LogP contribution in [0, 0.1) is 0 Å². The fraction of sp³-hybridized carbons (Fsp3) is 0.650. The van der Waals surface area contributed by atoms with E-state index in [2.05, 4.69) is 4.90 Å². The topological polar surface area (TPSA) is 57.2 Å². The van der Waals surface area contributed by atoms with Crippen molar-refractivity contribution in [1.82, 2.24) is 4.90 Å². The molecule has 0 aliphatic carbocycles. The minimum absolute atomic E-state index is 0.155. The Morgan fingerprint density at radius 2 is 1.68 bits per heavy atom. The first-order valence-corrected chi connectivity index (χ1v) is 12.6. The second-order valence-electron chi connectivity index (χ2n) is 7.26. The molecule has 1 heterocycles. The van der Waals surface area contributed by atoms with Crippen LogP contribution in [-0.4, -0.2) is 78.4 Å². The van der Waals surface area contributed by atoms with Crippen molar-refractivity contribution in [2.45, 2.75) is 36.7 Å². The molecule has 0 bridgehead atoms. The summed E-state index contributed by atoms with van der Waals surface area (Å²) in [7, 11) is 2.43. The molecule has 0 aromatic heterocycles. The molecule has 0 radical (unpaired) electrons. The molecule has 0 saturated carbocycles. The summed E-state index contributed by atoms with van der Waals surface area (Å²) in [6.45, 7) is 6.96. The van der Waals surface area contributed by atoms with Crippen LogP contribution in [-0.2, 0) is 18.0 Å². The van der Waals surface area contributed by atoms with Crippen LogP contribution in [0.2, 0.25) is 6.04 Å². The monoisotopic (exact) mass is 427 g/mol. The van der Waals surface area contributed by atoms with Gasteiger partial charge in [-0.15, -0.1) is 11.8 Å². The molecular formula is C20H33NO5SSi. The van der Waals surface area contributed by atoms with Crippen LogP contribution in [0.5, 0.6) is 0 Å². The molecule has 2 rings (SSSR count). The predicted molar refractivity (Wildman–Crippen MR) is 114 cm³/mol. The molecule has 8 heteroatoms. The quantitative estimate of drug-likeness (QED) is 0.232. The summed E-state index contributed by atoms with van der Waals surface area (Å²) in [5.41, 5.74) is 0.234. The SMILES string of the molecule is CO[Si](CCCSc1ccc(C(=O)C(C)(C)N2CCOCC2)cc1)(OC)OC. The highest BCUT2D eigenvalue weighted by molar-refractivity contribution is 7.99. The van der Waals surface area contributed by atoms with Crippen molar-refractivity contribution in [3.63, 3.8) is 0 Å². The number of morpholine rings is 1.